The molecule has 0 radical (unpaired) electrons. The smallest absolute Gasteiger partial charge is 0.263 e. The highest BCUT2D eigenvalue weighted by Crippen LogP contribution is 2.32. The Labute approximate surface area is 140 Å². The summed E-state index contributed by atoms with van der Waals surface area (Å²) in [6, 6.07) is 9.14. The van der Waals surface area contributed by atoms with E-state index < -0.39 is 10.0 Å². The van der Waals surface area contributed by atoms with E-state index in [1.807, 2.05) is 0 Å². The lowest BCUT2D eigenvalue weighted by molar-refractivity contribution is 0.601. The minimum Gasteiger partial charge on any atom is -0.278 e. The van der Waals surface area contributed by atoms with Crippen LogP contribution in [0.1, 0.15) is 0 Å². The molecule has 3 nitrogen and oxygen atoms in total. The van der Waals surface area contributed by atoms with Crippen LogP contribution < -0.4 is 4.72 Å². The highest BCUT2D eigenvalue weighted by Gasteiger charge is 2.19. The molecular weight excluding hydrogens is 408 g/mol. The van der Waals surface area contributed by atoms with E-state index in [4.69, 9.17) is 34.8 Å². The van der Waals surface area contributed by atoms with Gasteiger partial charge in [0.15, 0.2) is 0 Å². The van der Waals surface area contributed by atoms with Gasteiger partial charge in [-0.3, -0.25) is 4.72 Å². The predicted octanol–water partition coefficient (Wildman–Crippen LogP) is 5.21. The van der Waals surface area contributed by atoms with Gasteiger partial charge >= 0.3 is 0 Å². The van der Waals surface area contributed by atoms with Crippen LogP contribution in [0, 0.1) is 0 Å². The normalized spacial score (nSPS) is 11.4. The van der Waals surface area contributed by atoms with Crippen LogP contribution in [-0.2, 0) is 10.0 Å². The first-order chi connectivity index (χ1) is 9.31. The van der Waals surface area contributed by atoms with Gasteiger partial charge in [0, 0.05) is 4.47 Å². The van der Waals surface area contributed by atoms with Crippen LogP contribution in [0.3, 0.4) is 0 Å². The molecule has 0 atom stereocenters. The highest BCUT2D eigenvalue weighted by atomic mass is 79.9. The summed E-state index contributed by atoms with van der Waals surface area (Å²) in [7, 11) is -3.85. The summed E-state index contributed by atoms with van der Waals surface area (Å²) >= 11 is 20.9. The fourth-order valence-electron chi connectivity index (χ4n) is 1.48. The van der Waals surface area contributed by atoms with Crippen molar-refractivity contribution < 1.29 is 8.42 Å². The SMILES string of the molecule is O=S(=O)(Nc1cccc(Cl)c1Cl)c1ccc(Br)cc1Cl. The van der Waals surface area contributed by atoms with E-state index in [-0.39, 0.29) is 25.7 Å². The summed E-state index contributed by atoms with van der Waals surface area (Å²) in [4.78, 5) is -0.0431. The van der Waals surface area contributed by atoms with Gasteiger partial charge in [-0.05, 0) is 30.3 Å². The number of hydrogen-bond donors (Lipinski definition) is 1. The van der Waals surface area contributed by atoms with Crippen molar-refractivity contribution in [1.82, 2.24) is 0 Å². The zero-order valence-electron chi connectivity index (χ0n) is 9.70. The standard InChI is InChI=1S/C12H7BrCl3NO2S/c13-7-4-5-11(9(15)6-7)20(18,19)17-10-3-1-2-8(14)12(10)16/h1-6,17H. The first-order valence-corrected chi connectivity index (χ1v) is 8.64. The maximum atomic E-state index is 12.3. The lowest BCUT2D eigenvalue weighted by atomic mass is 10.3. The third kappa shape index (κ3) is 3.40. The molecule has 0 saturated heterocycles. The Morgan fingerprint density at radius 3 is 2.35 bits per heavy atom. The number of anilines is 1. The summed E-state index contributed by atoms with van der Waals surface area (Å²) in [6.45, 7) is 0. The Bertz CT molecular complexity index is 765. The van der Waals surface area contributed by atoms with E-state index in [2.05, 4.69) is 20.7 Å². The molecule has 0 bridgehead atoms. The fraction of sp³-hybridized carbons (Fsp3) is 0. The molecule has 20 heavy (non-hydrogen) atoms. The Kier molecular flexibility index (Phi) is 4.87. The fourth-order valence-corrected chi connectivity index (χ4v) is 3.99. The average Bonchev–Trinajstić information content (AvgIpc) is 2.34. The molecule has 2 aromatic rings. The number of hydrogen-bond acceptors (Lipinski definition) is 2. The predicted molar refractivity (Wildman–Crippen MR) is 86.4 cm³/mol. The number of halogens is 4. The van der Waals surface area contributed by atoms with Crippen molar-refractivity contribution in [3.8, 4) is 0 Å². The van der Waals surface area contributed by atoms with Crippen molar-refractivity contribution in [1.29, 1.82) is 0 Å². The van der Waals surface area contributed by atoms with Crippen molar-refractivity contribution in [2.24, 2.45) is 0 Å². The largest absolute Gasteiger partial charge is 0.278 e. The van der Waals surface area contributed by atoms with E-state index in [1.54, 1.807) is 18.2 Å². The van der Waals surface area contributed by atoms with Gasteiger partial charge in [0.2, 0.25) is 0 Å². The minimum atomic E-state index is -3.85. The van der Waals surface area contributed by atoms with Gasteiger partial charge < -0.3 is 0 Å². The van der Waals surface area contributed by atoms with Crippen LogP contribution >= 0.6 is 50.7 Å². The Morgan fingerprint density at radius 1 is 1.00 bits per heavy atom. The minimum absolute atomic E-state index is 0.0431. The van der Waals surface area contributed by atoms with Crippen molar-refractivity contribution >= 4 is 66.4 Å². The van der Waals surface area contributed by atoms with Gasteiger partial charge in [0.25, 0.3) is 10.0 Å². The molecule has 0 heterocycles. The van der Waals surface area contributed by atoms with E-state index >= 15 is 0 Å². The monoisotopic (exact) mass is 413 g/mol. The van der Waals surface area contributed by atoms with E-state index in [0.717, 1.165) is 0 Å². The molecule has 106 valence electrons. The molecule has 0 spiro atoms. The van der Waals surface area contributed by atoms with Crippen molar-refractivity contribution in [3.05, 3.63) is 55.9 Å². The second-order valence-corrected chi connectivity index (χ2v) is 7.54. The molecule has 0 saturated carbocycles. The van der Waals surface area contributed by atoms with Gasteiger partial charge in [-0.1, -0.05) is 56.8 Å². The van der Waals surface area contributed by atoms with Crippen LogP contribution in [0.15, 0.2) is 45.8 Å². The van der Waals surface area contributed by atoms with E-state index in [9.17, 15) is 8.42 Å². The van der Waals surface area contributed by atoms with E-state index in [1.165, 1.54) is 18.2 Å². The zero-order chi connectivity index (χ0) is 14.9. The summed E-state index contributed by atoms with van der Waals surface area (Å²) < 4.78 is 27.6. The molecule has 0 aliphatic carbocycles. The second kappa shape index (κ2) is 6.12. The van der Waals surface area contributed by atoms with Crippen molar-refractivity contribution in [3.63, 3.8) is 0 Å². The maximum Gasteiger partial charge on any atom is 0.263 e. The third-order valence-corrected chi connectivity index (χ3v) is 5.54. The number of benzene rings is 2. The molecule has 8 heteroatoms. The Balaban J connectivity index is 2.44. The molecule has 0 amide bonds. The molecule has 0 unspecified atom stereocenters. The summed E-state index contributed by atoms with van der Waals surface area (Å²) in [5.74, 6) is 0. The van der Waals surface area contributed by atoms with Crippen LogP contribution in [-0.4, -0.2) is 8.42 Å². The van der Waals surface area contributed by atoms with Gasteiger partial charge in [-0.2, -0.15) is 0 Å². The number of nitrogens with one attached hydrogen (secondary N) is 1. The molecule has 2 aromatic carbocycles. The molecule has 1 N–H and O–H groups in total. The summed E-state index contributed by atoms with van der Waals surface area (Å²) in [5.41, 5.74) is 0.193. The lowest BCUT2D eigenvalue weighted by Crippen LogP contribution is -2.13. The second-order valence-electron chi connectivity index (χ2n) is 3.78. The topological polar surface area (TPSA) is 46.2 Å². The van der Waals surface area contributed by atoms with Crippen LogP contribution in [0.4, 0.5) is 5.69 Å². The van der Waals surface area contributed by atoms with Crippen LogP contribution in [0.25, 0.3) is 0 Å². The zero-order valence-corrected chi connectivity index (χ0v) is 14.4. The Hall–Kier alpha value is -0.460. The van der Waals surface area contributed by atoms with Crippen molar-refractivity contribution in [2.45, 2.75) is 4.90 Å². The highest BCUT2D eigenvalue weighted by molar-refractivity contribution is 9.10. The maximum absolute atomic E-state index is 12.3. The summed E-state index contributed by atoms with van der Waals surface area (Å²) in [6.07, 6.45) is 0. The lowest BCUT2D eigenvalue weighted by Gasteiger charge is -2.11. The molecular formula is C12H7BrCl3NO2S. The van der Waals surface area contributed by atoms with Gasteiger partial charge in [-0.25, -0.2) is 8.42 Å². The third-order valence-electron chi connectivity index (χ3n) is 2.38. The average molecular weight is 416 g/mol. The van der Waals surface area contributed by atoms with Crippen LogP contribution in [0.2, 0.25) is 15.1 Å². The number of sulfonamides is 1. The molecule has 0 fully saturated rings. The van der Waals surface area contributed by atoms with Gasteiger partial charge in [-0.15, -0.1) is 0 Å². The number of rotatable bonds is 3. The van der Waals surface area contributed by atoms with Crippen molar-refractivity contribution in [2.75, 3.05) is 4.72 Å². The first-order valence-electron chi connectivity index (χ1n) is 5.23. The van der Waals surface area contributed by atoms with Gasteiger partial charge in [0.1, 0.15) is 4.90 Å². The van der Waals surface area contributed by atoms with Crippen LogP contribution in [0.5, 0.6) is 0 Å². The Morgan fingerprint density at radius 2 is 1.70 bits per heavy atom. The van der Waals surface area contributed by atoms with E-state index in [0.29, 0.717) is 4.47 Å². The first kappa shape index (κ1) is 15.9. The molecule has 0 aliphatic heterocycles. The quantitative estimate of drug-likeness (QED) is 0.748. The molecule has 0 aromatic heterocycles. The molecule has 0 aliphatic rings. The molecule has 2 rings (SSSR count). The van der Waals surface area contributed by atoms with Gasteiger partial charge in [0.05, 0.1) is 20.8 Å². The summed E-state index contributed by atoms with van der Waals surface area (Å²) in [5, 5.41) is 0.491.